The van der Waals surface area contributed by atoms with Crippen molar-refractivity contribution in [1.29, 1.82) is 0 Å². The molecule has 2 aromatic rings. The van der Waals surface area contributed by atoms with E-state index in [0.717, 1.165) is 16.8 Å². The van der Waals surface area contributed by atoms with Crippen molar-refractivity contribution in [3.63, 3.8) is 0 Å². The molecule has 8 heteroatoms. The fraction of sp³-hybridized carbons (Fsp3) is 0.318. The van der Waals surface area contributed by atoms with Gasteiger partial charge in [0.25, 0.3) is 11.8 Å². The summed E-state index contributed by atoms with van der Waals surface area (Å²) in [6, 6.07) is 14.9. The van der Waals surface area contributed by atoms with E-state index in [-0.39, 0.29) is 5.91 Å². The average molecular weight is 449 g/mol. The molecule has 0 atom stereocenters. The Bertz CT molecular complexity index is 882. The van der Waals surface area contributed by atoms with Gasteiger partial charge >= 0.3 is 5.30 Å². The molecule has 0 fully saturated rings. The van der Waals surface area contributed by atoms with Crippen molar-refractivity contribution in [3.8, 4) is 0 Å². The Morgan fingerprint density at radius 2 is 1.50 bits per heavy atom. The molecule has 2 rings (SSSR count). The third-order valence-corrected chi connectivity index (χ3v) is 4.88. The van der Waals surface area contributed by atoms with Crippen molar-refractivity contribution in [3.05, 3.63) is 70.7 Å². The Kier molecular flexibility index (Phi) is 8.32. The van der Waals surface area contributed by atoms with E-state index >= 15 is 0 Å². The van der Waals surface area contributed by atoms with E-state index in [9.17, 15) is 14.4 Å². The number of benzene rings is 2. The van der Waals surface area contributed by atoms with E-state index in [1.807, 2.05) is 6.92 Å². The lowest BCUT2D eigenvalue weighted by Crippen LogP contribution is -2.58. The van der Waals surface area contributed by atoms with Gasteiger partial charge in [0, 0.05) is 21.9 Å². The van der Waals surface area contributed by atoms with Crippen molar-refractivity contribution in [1.82, 2.24) is 10.0 Å². The summed E-state index contributed by atoms with van der Waals surface area (Å²) in [5.41, 5.74) is -0.0523. The molecule has 0 aliphatic heterocycles. The molecule has 0 aliphatic rings. The first-order valence-corrected chi connectivity index (χ1v) is 10.8. The van der Waals surface area contributed by atoms with Gasteiger partial charge in [-0.05, 0) is 68.9 Å². The van der Waals surface area contributed by atoms with Crippen LogP contribution in [0.5, 0.6) is 0 Å². The number of hydrazine groups is 1. The highest BCUT2D eigenvalue weighted by molar-refractivity contribution is 8.13. The number of halogens is 1. The van der Waals surface area contributed by atoms with E-state index < -0.39 is 23.5 Å². The predicted molar refractivity (Wildman–Crippen MR) is 119 cm³/mol. The van der Waals surface area contributed by atoms with E-state index in [4.69, 9.17) is 16.3 Å². The molecule has 0 unspecified atom stereocenters. The van der Waals surface area contributed by atoms with Gasteiger partial charge in [-0.15, -0.1) is 0 Å². The van der Waals surface area contributed by atoms with E-state index in [1.54, 1.807) is 75.4 Å². The van der Waals surface area contributed by atoms with E-state index in [2.05, 4.69) is 0 Å². The molecule has 30 heavy (non-hydrogen) atoms. The van der Waals surface area contributed by atoms with Crippen LogP contribution in [-0.2, 0) is 4.74 Å². The molecule has 0 heterocycles. The minimum atomic E-state index is -0.778. The molecule has 0 aliphatic carbocycles. The van der Waals surface area contributed by atoms with Gasteiger partial charge in [-0.25, -0.2) is 14.8 Å². The quantitative estimate of drug-likeness (QED) is 0.344. The van der Waals surface area contributed by atoms with Gasteiger partial charge in [0.1, 0.15) is 0 Å². The summed E-state index contributed by atoms with van der Waals surface area (Å²) in [6.07, 6.45) is 0. The highest BCUT2D eigenvalue weighted by atomic mass is 35.5. The van der Waals surface area contributed by atoms with Gasteiger partial charge in [0.2, 0.25) is 0 Å². The Morgan fingerprint density at radius 1 is 0.933 bits per heavy atom. The van der Waals surface area contributed by atoms with Gasteiger partial charge in [0.15, 0.2) is 6.73 Å². The Hall–Kier alpha value is -2.51. The zero-order valence-electron chi connectivity index (χ0n) is 17.4. The molecule has 6 nitrogen and oxygen atoms in total. The molecule has 160 valence electrons. The zero-order chi connectivity index (χ0) is 22.3. The molecular weight excluding hydrogens is 424 g/mol. The maximum atomic E-state index is 13.4. The highest BCUT2D eigenvalue weighted by Gasteiger charge is 2.36. The summed E-state index contributed by atoms with van der Waals surface area (Å²) in [5, 5.41) is 2.44. The van der Waals surface area contributed by atoms with Crippen molar-refractivity contribution in [2.24, 2.45) is 0 Å². The van der Waals surface area contributed by atoms with Crippen LogP contribution in [0.25, 0.3) is 0 Å². The van der Waals surface area contributed by atoms with Crippen LogP contribution in [0.15, 0.2) is 54.6 Å². The van der Waals surface area contributed by atoms with Gasteiger partial charge in [-0.3, -0.25) is 9.59 Å². The largest absolute Gasteiger partial charge is 0.434 e. The predicted octanol–water partition coefficient (Wildman–Crippen LogP) is 5.49. The van der Waals surface area contributed by atoms with Crippen molar-refractivity contribution in [2.45, 2.75) is 33.2 Å². The van der Waals surface area contributed by atoms with Gasteiger partial charge in [-0.1, -0.05) is 36.7 Å². The van der Waals surface area contributed by atoms with Crippen LogP contribution in [-0.4, -0.2) is 45.2 Å². The molecule has 0 bridgehead atoms. The Labute approximate surface area is 186 Å². The fourth-order valence-electron chi connectivity index (χ4n) is 2.70. The van der Waals surface area contributed by atoms with E-state index in [0.29, 0.717) is 21.9 Å². The molecule has 2 amide bonds. The topological polar surface area (TPSA) is 66.9 Å². The second kappa shape index (κ2) is 10.5. The van der Waals surface area contributed by atoms with Crippen LogP contribution in [0.1, 0.15) is 48.4 Å². The number of ether oxygens (including phenoxy) is 1. The molecule has 0 N–H and O–H groups in total. The summed E-state index contributed by atoms with van der Waals surface area (Å²) in [5.74, 6) is -0.333. The smallest absolute Gasteiger partial charge is 0.369 e. The normalized spacial score (nSPS) is 11.0. The molecule has 0 spiro atoms. The number of thioether (sulfide) groups is 1. The molecule has 0 radical (unpaired) electrons. The number of nitrogens with zero attached hydrogens (tertiary/aromatic N) is 2. The van der Waals surface area contributed by atoms with Crippen molar-refractivity contribution in [2.75, 3.05) is 12.5 Å². The standard InChI is InChI=1S/C22H25ClN2O4S/c1-5-30-21(28)29-15-24(19(26)17-11-13-18(23)14-12-17)25(22(2,3)4)20(27)16-9-7-6-8-10-16/h6-14H,5,15H2,1-4H3. The zero-order valence-corrected chi connectivity index (χ0v) is 19.0. The van der Waals surface area contributed by atoms with Crippen molar-refractivity contribution < 1.29 is 19.1 Å². The lowest BCUT2D eigenvalue weighted by atomic mass is 10.1. The highest BCUT2D eigenvalue weighted by Crippen LogP contribution is 2.23. The van der Waals surface area contributed by atoms with Crippen LogP contribution >= 0.6 is 23.4 Å². The minimum absolute atomic E-state index is 0.314. The molecule has 0 aromatic heterocycles. The summed E-state index contributed by atoms with van der Waals surface area (Å²) in [6.45, 7) is 6.84. The van der Waals surface area contributed by atoms with Gasteiger partial charge < -0.3 is 4.74 Å². The van der Waals surface area contributed by atoms with Gasteiger partial charge in [0.05, 0.1) is 5.54 Å². The number of hydrogen-bond donors (Lipinski definition) is 0. The lowest BCUT2D eigenvalue weighted by Gasteiger charge is -2.42. The second-order valence-electron chi connectivity index (χ2n) is 7.32. The van der Waals surface area contributed by atoms with Crippen LogP contribution in [0.2, 0.25) is 5.02 Å². The summed E-state index contributed by atoms with van der Waals surface area (Å²) >= 11 is 6.92. The first-order chi connectivity index (χ1) is 14.1. The lowest BCUT2D eigenvalue weighted by molar-refractivity contribution is -0.0767. The van der Waals surface area contributed by atoms with E-state index in [1.165, 1.54) is 5.01 Å². The third kappa shape index (κ3) is 6.24. The number of carbonyl (C=O) groups is 3. The molecular formula is C22H25ClN2O4S. The number of hydrogen-bond acceptors (Lipinski definition) is 5. The summed E-state index contributed by atoms with van der Waals surface area (Å²) in [7, 11) is 0. The maximum Gasteiger partial charge on any atom is 0.369 e. The molecule has 0 saturated heterocycles. The second-order valence-corrected chi connectivity index (χ2v) is 8.96. The minimum Gasteiger partial charge on any atom is -0.434 e. The first-order valence-electron chi connectivity index (χ1n) is 9.41. The summed E-state index contributed by atoms with van der Waals surface area (Å²) in [4.78, 5) is 38.6. The van der Waals surface area contributed by atoms with Crippen LogP contribution in [0, 0.1) is 0 Å². The third-order valence-electron chi connectivity index (χ3n) is 3.98. The average Bonchev–Trinajstić information content (AvgIpc) is 2.70. The molecule has 2 aromatic carbocycles. The van der Waals surface area contributed by atoms with Gasteiger partial charge in [-0.2, -0.15) is 0 Å². The Balaban J connectivity index is 2.46. The van der Waals surface area contributed by atoms with Crippen LogP contribution < -0.4 is 0 Å². The Morgan fingerprint density at radius 3 is 2.03 bits per heavy atom. The maximum absolute atomic E-state index is 13.4. The number of rotatable bonds is 5. The number of carbonyl (C=O) groups excluding carboxylic acids is 3. The first kappa shape index (κ1) is 23.8. The SMILES string of the molecule is CCSC(=O)OCN(C(=O)c1ccc(Cl)cc1)N(C(=O)c1ccccc1)C(C)(C)C. The van der Waals surface area contributed by atoms with Crippen LogP contribution in [0.4, 0.5) is 4.79 Å². The van der Waals surface area contributed by atoms with Crippen molar-refractivity contribution >= 4 is 40.5 Å². The summed E-state index contributed by atoms with van der Waals surface area (Å²) < 4.78 is 5.28. The monoisotopic (exact) mass is 448 g/mol. The molecule has 0 saturated carbocycles. The van der Waals surface area contributed by atoms with Crippen LogP contribution in [0.3, 0.4) is 0 Å². The number of amides is 2. The fourth-order valence-corrected chi connectivity index (χ4v) is 3.20.